The van der Waals surface area contributed by atoms with E-state index in [0.29, 0.717) is 12.8 Å². The molecule has 0 aromatic heterocycles. The number of β-lactam (4-membered cyclic amide) rings is 1. The van der Waals surface area contributed by atoms with Gasteiger partial charge in [-0.2, -0.15) is 0 Å². The SMILES string of the molecule is CCOC(=O)C1C(=O)CC2CC(=O)N21. The van der Waals surface area contributed by atoms with E-state index >= 15 is 0 Å². The highest BCUT2D eigenvalue weighted by molar-refractivity contribution is 6.10. The zero-order valence-corrected chi connectivity index (χ0v) is 7.86. The van der Waals surface area contributed by atoms with E-state index in [9.17, 15) is 14.4 Å². The molecule has 0 N–H and O–H groups in total. The first-order chi connectivity index (χ1) is 6.65. The van der Waals surface area contributed by atoms with Gasteiger partial charge in [-0.15, -0.1) is 0 Å². The van der Waals surface area contributed by atoms with Gasteiger partial charge < -0.3 is 9.64 Å². The number of carbonyl (C=O) groups excluding carboxylic acids is 3. The first-order valence-electron chi connectivity index (χ1n) is 4.65. The Hall–Kier alpha value is -1.39. The van der Waals surface area contributed by atoms with Gasteiger partial charge in [0, 0.05) is 18.9 Å². The van der Waals surface area contributed by atoms with Gasteiger partial charge in [-0.05, 0) is 6.92 Å². The normalized spacial score (nSPS) is 29.9. The minimum Gasteiger partial charge on any atom is -0.464 e. The molecule has 2 unspecified atom stereocenters. The average molecular weight is 197 g/mol. The second-order valence-electron chi connectivity index (χ2n) is 3.48. The molecule has 2 fully saturated rings. The van der Waals surface area contributed by atoms with Gasteiger partial charge in [-0.3, -0.25) is 9.59 Å². The summed E-state index contributed by atoms with van der Waals surface area (Å²) in [6.45, 7) is 1.90. The molecule has 0 radical (unpaired) electrons. The van der Waals surface area contributed by atoms with Gasteiger partial charge in [0.05, 0.1) is 6.61 Å². The Bertz CT molecular complexity index is 312. The molecular formula is C9H11NO4. The van der Waals surface area contributed by atoms with Crippen LogP contribution in [-0.2, 0) is 19.1 Å². The van der Waals surface area contributed by atoms with Gasteiger partial charge in [-0.25, -0.2) is 4.79 Å². The number of rotatable bonds is 2. The molecular weight excluding hydrogens is 186 g/mol. The molecule has 0 spiro atoms. The number of Topliss-reactive ketones (excluding diaryl/α,β-unsaturated/α-hetero) is 1. The van der Waals surface area contributed by atoms with Crippen molar-refractivity contribution in [1.82, 2.24) is 4.90 Å². The molecule has 0 aliphatic carbocycles. The van der Waals surface area contributed by atoms with Gasteiger partial charge in [0.15, 0.2) is 11.8 Å². The topological polar surface area (TPSA) is 63.7 Å². The molecule has 76 valence electrons. The predicted octanol–water partition coefficient (Wildman–Crippen LogP) is -0.508. The van der Waals surface area contributed by atoms with E-state index in [2.05, 4.69) is 0 Å². The number of ketones is 1. The average Bonchev–Trinajstić information content (AvgIpc) is 2.38. The maximum absolute atomic E-state index is 11.4. The smallest absolute Gasteiger partial charge is 0.336 e. The van der Waals surface area contributed by atoms with Crippen LogP contribution in [0.2, 0.25) is 0 Å². The number of hydrogen-bond acceptors (Lipinski definition) is 4. The van der Waals surface area contributed by atoms with Crippen molar-refractivity contribution in [2.24, 2.45) is 0 Å². The summed E-state index contributed by atoms with van der Waals surface area (Å²) in [7, 11) is 0. The third-order valence-electron chi connectivity index (χ3n) is 2.62. The summed E-state index contributed by atoms with van der Waals surface area (Å²) in [5.41, 5.74) is 0. The van der Waals surface area contributed by atoms with Crippen LogP contribution in [0.4, 0.5) is 0 Å². The maximum atomic E-state index is 11.4. The molecule has 5 heteroatoms. The first-order valence-corrected chi connectivity index (χ1v) is 4.65. The lowest BCUT2D eigenvalue weighted by atomic mass is 10.0. The van der Waals surface area contributed by atoms with Crippen LogP contribution in [0.1, 0.15) is 19.8 Å². The van der Waals surface area contributed by atoms with Crippen molar-refractivity contribution in [3.05, 3.63) is 0 Å². The number of ether oxygens (including phenoxy) is 1. The Morgan fingerprint density at radius 1 is 1.50 bits per heavy atom. The summed E-state index contributed by atoms with van der Waals surface area (Å²) >= 11 is 0. The zero-order valence-electron chi connectivity index (χ0n) is 7.86. The molecule has 2 aliphatic heterocycles. The Morgan fingerprint density at radius 3 is 2.79 bits per heavy atom. The Labute approximate surface area is 81.0 Å². The van der Waals surface area contributed by atoms with Crippen LogP contribution in [0.3, 0.4) is 0 Å². The number of nitrogens with zero attached hydrogens (tertiary/aromatic N) is 1. The molecule has 0 aromatic rings. The second kappa shape index (κ2) is 3.08. The third kappa shape index (κ3) is 1.12. The largest absolute Gasteiger partial charge is 0.464 e. The summed E-state index contributed by atoms with van der Waals surface area (Å²) < 4.78 is 4.74. The number of esters is 1. The molecule has 2 aliphatic rings. The number of amides is 1. The summed E-state index contributed by atoms with van der Waals surface area (Å²) in [6.07, 6.45) is 0.691. The molecule has 5 nitrogen and oxygen atoms in total. The standard InChI is InChI=1S/C9H11NO4/c1-2-14-9(13)8-6(11)3-5-4-7(12)10(5)8/h5,8H,2-4H2,1H3. The van der Waals surface area contributed by atoms with Crippen molar-refractivity contribution in [1.29, 1.82) is 0 Å². The molecule has 2 saturated heterocycles. The van der Waals surface area contributed by atoms with E-state index in [1.165, 1.54) is 4.90 Å². The van der Waals surface area contributed by atoms with Gasteiger partial charge in [0.25, 0.3) is 0 Å². The van der Waals surface area contributed by atoms with E-state index in [1.807, 2.05) is 0 Å². The van der Waals surface area contributed by atoms with Crippen LogP contribution < -0.4 is 0 Å². The van der Waals surface area contributed by atoms with E-state index in [-0.39, 0.29) is 24.3 Å². The molecule has 2 rings (SSSR count). The highest BCUT2D eigenvalue weighted by Crippen LogP contribution is 2.33. The first kappa shape index (κ1) is 9.18. The molecule has 0 aromatic carbocycles. The van der Waals surface area contributed by atoms with Crippen LogP contribution in [-0.4, -0.2) is 41.3 Å². The zero-order chi connectivity index (χ0) is 10.3. The minimum atomic E-state index is -0.957. The Morgan fingerprint density at radius 2 is 2.21 bits per heavy atom. The monoisotopic (exact) mass is 197 g/mol. The van der Waals surface area contributed by atoms with Crippen LogP contribution in [0.15, 0.2) is 0 Å². The highest BCUT2D eigenvalue weighted by atomic mass is 16.5. The summed E-state index contributed by atoms with van der Waals surface area (Å²) in [6, 6.07) is -1.01. The Kier molecular flexibility index (Phi) is 2.02. The molecule has 0 bridgehead atoms. The lowest BCUT2D eigenvalue weighted by Gasteiger charge is -2.36. The van der Waals surface area contributed by atoms with E-state index in [4.69, 9.17) is 4.74 Å². The summed E-state index contributed by atoms with van der Waals surface area (Å²) in [4.78, 5) is 35.2. The van der Waals surface area contributed by atoms with E-state index < -0.39 is 12.0 Å². The van der Waals surface area contributed by atoms with Crippen molar-refractivity contribution < 1.29 is 19.1 Å². The lowest BCUT2D eigenvalue weighted by molar-refractivity contribution is -0.161. The Balaban J connectivity index is 2.13. The molecule has 2 heterocycles. The molecule has 0 saturated carbocycles. The quantitative estimate of drug-likeness (QED) is 0.340. The highest BCUT2D eigenvalue weighted by Gasteiger charge is 2.54. The van der Waals surface area contributed by atoms with Crippen molar-refractivity contribution in [2.45, 2.75) is 31.8 Å². The lowest BCUT2D eigenvalue weighted by Crippen LogP contribution is -2.55. The van der Waals surface area contributed by atoms with Gasteiger partial charge in [0.1, 0.15) is 0 Å². The third-order valence-corrected chi connectivity index (χ3v) is 2.62. The van der Waals surface area contributed by atoms with Gasteiger partial charge in [-0.1, -0.05) is 0 Å². The van der Waals surface area contributed by atoms with Crippen molar-refractivity contribution >= 4 is 17.7 Å². The maximum Gasteiger partial charge on any atom is 0.336 e. The molecule has 14 heavy (non-hydrogen) atoms. The van der Waals surface area contributed by atoms with Crippen molar-refractivity contribution in [3.8, 4) is 0 Å². The van der Waals surface area contributed by atoms with E-state index in [0.717, 1.165) is 0 Å². The van der Waals surface area contributed by atoms with Crippen LogP contribution in [0, 0.1) is 0 Å². The molecule has 1 amide bonds. The fourth-order valence-electron chi connectivity index (χ4n) is 1.99. The minimum absolute atomic E-state index is 0.0515. The van der Waals surface area contributed by atoms with Crippen LogP contribution in [0.25, 0.3) is 0 Å². The van der Waals surface area contributed by atoms with Crippen LogP contribution >= 0.6 is 0 Å². The van der Waals surface area contributed by atoms with E-state index in [1.54, 1.807) is 6.92 Å². The van der Waals surface area contributed by atoms with Gasteiger partial charge >= 0.3 is 5.97 Å². The predicted molar refractivity (Wildman–Crippen MR) is 45.3 cm³/mol. The fourth-order valence-corrected chi connectivity index (χ4v) is 1.99. The number of carbonyl (C=O) groups is 3. The molecule has 2 atom stereocenters. The van der Waals surface area contributed by atoms with Crippen molar-refractivity contribution in [2.75, 3.05) is 6.61 Å². The number of fused-ring (bicyclic) bond motifs is 1. The summed E-state index contributed by atoms with van der Waals surface area (Å²) in [5.74, 6) is -0.911. The van der Waals surface area contributed by atoms with Crippen molar-refractivity contribution in [3.63, 3.8) is 0 Å². The summed E-state index contributed by atoms with van der Waals surface area (Å²) in [5, 5.41) is 0. The second-order valence-corrected chi connectivity index (χ2v) is 3.48. The van der Waals surface area contributed by atoms with Gasteiger partial charge in [0.2, 0.25) is 5.91 Å². The van der Waals surface area contributed by atoms with Crippen LogP contribution in [0.5, 0.6) is 0 Å². The number of hydrogen-bond donors (Lipinski definition) is 0. The fraction of sp³-hybridized carbons (Fsp3) is 0.667.